The van der Waals surface area contributed by atoms with E-state index in [0.717, 1.165) is 49.3 Å². The van der Waals surface area contributed by atoms with Gasteiger partial charge in [0.15, 0.2) is 0 Å². The predicted molar refractivity (Wildman–Crippen MR) is 114 cm³/mol. The fraction of sp³-hybridized carbons (Fsp3) is 0.292. The first-order chi connectivity index (χ1) is 14.6. The Balaban J connectivity index is 1.16. The minimum Gasteiger partial charge on any atom is -0.339 e. The van der Waals surface area contributed by atoms with Crippen molar-refractivity contribution in [3.8, 4) is 5.69 Å². The third-order valence-electron chi connectivity index (χ3n) is 6.48. The molecule has 2 heterocycles. The van der Waals surface area contributed by atoms with Gasteiger partial charge in [-0.05, 0) is 67.1 Å². The van der Waals surface area contributed by atoms with Gasteiger partial charge in [-0.15, -0.1) is 0 Å². The van der Waals surface area contributed by atoms with Gasteiger partial charge in [0.2, 0.25) is 5.91 Å². The predicted octanol–water partition coefficient (Wildman–Crippen LogP) is 3.75. The largest absolute Gasteiger partial charge is 0.339 e. The van der Waals surface area contributed by atoms with Crippen molar-refractivity contribution in [2.24, 2.45) is 11.3 Å². The number of rotatable bonds is 4. The van der Waals surface area contributed by atoms with Gasteiger partial charge in [-0.1, -0.05) is 18.2 Å². The van der Waals surface area contributed by atoms with Crippen molar-refractivity contribution in [3.63, 3.8) is 0 Å². The number of hydrogen-bond donors (Lipinski definition) is 1. The Morgan fingerprint density at radius 2 is 1.70 bits per heavy atom. The van der Waals surface area contributed by atoms with Gasteiger partial charge < -0.3 is 10.2 Å². The fourth-order valence-electron chi connectivity index (χ4n) is 4.54. The minimum absolute atomic E-state index is 0.0391. The quantitative estimate of drug-likeness (QED) is 0.725. The van der Waals surface area contributed by atoms with Crippen LogP contribution in [0.4, 0.5) is 5.69 Å². The average Bonchev–Trinajstić information content (AvgIpc) is 3.21. The van der Waals surface area contributed by atoms with E-state index in [1.54, 1.807) is 10.9 Å². The summed E-state index contributed by atoms with van der Waals surface area (Å²) >= 11 is 0. The molecule has 0 radical (unpaired) electrons. The molecule has 1 unspecified atom stereocenters. The van der Waals surface area contributed by atoms with E-state index in [1.165, 1.54) is 0 Å². The molecule has 2 aromatic carbocycles. The van der Waals surface area contributed by atoms with Crippen molar-refractivity contribution < 1.29 is 9.59 Å². The Morgan fingerprint density at radius 1 is 0.967 bits per heavy atom. The number of hydrogen-bond acceptors (Lipinski definition) is 3. The number of nitrogens with one attached hydrogen (secondary N) is 1. The summed E-state index contributed by atoms with van der Waals surface area (Å²) in [5.74, 6) is 0.214. The van der Waals surface area contributed by atoms with Crippen molar-refractivity contribution in [2.75, 3.05) is 18.4 Å². The summed E-state index contributed by atoms with van der Waals surface area (Å²) in [5.41, 5.74) is 2.55. The number of anilines is 1. The zero-order valence-electron chi connectivity index (χ0n) is 16.7. The standard InChI is InChI=1S/C24H24N4O2/c29-22(26-19-7-9-20(10-8-19)28-14-4-13-25-28)21-17-24(21)11-15-27(16-12-24)23(30)18-5-2-1-3-6-18/h1-10,13-14,21H,11-12,15-17H2,(H,26,29). The molecule has 0 bridgehead atoms. The molecule has 2 aliphatic rings. The maximum absolute atomic E-state index is 12.8. The first-order valence-corrected chi connectivity index (χ1v) is 10.4. The number of piperidine rings is 1. The second-order valence-corrected chi connectivity index (χ2v) is 8.26. The average molecular weight is 400 g/mol. The van der Waals surface area contributed by atoms with E-state index in [0.29, 0.717) is 0 Å². The lowest BCUT2D eigenvalue weighted by Gasteiger charge is -2.33. The number of benzene rings is 2. The number of likely N-dealkylation sites (tertiary alicyclic amines) is 1. The van der Waals surface area contributed by atoms with E-state index >= 15 is 0 Å². The van der Waals surface area contributed by atoms with E-state index in [4.69, 9.17) is 0 Å². The highest BCUT2D eigenvalue weighted by Crippen LogP contribution is 2.59. The highest BCUT2D eigenvalue weighted by molar-refractivity contribution is 5.96. The summed E-state index contributed by atoms with van der Waals surface area (Å²) in [6, 6.07) is 19.0. The zero-order valence-corrected chi connectivity index (χ0v) is 16.7. The molecule has 152 valence electrons. The minimum atomic E-state index is 0.0391. The van der Waals surface area contributed by atoms with Crippen LogP contribution in [-0.4, -0.2) is 39.6 Å². The summed E-state index contributed by atoms with van der Waals surface area (Å²) in [6.07, 6.45) is 6.32. The summed E-state index contributed by atoms with van der Waals surface area (Å²) < 4.78 is 1.78. The smallest absolute Gasteiger partial charge is 0.253 e. The first-order valence-electron chi connectivity index (χ1n) is 10.4. The third-order valence-corrected chi connectivity index (χ3v) is 6.48. The lowest BCUT2D eigenvalue weighted by Crippen LogP contribution is -2.40. The Bertz CT molecular complexity index is 1040. The second kappa shape index (κ2) is 7.44. The van der Waals surface area contributed by atoms with Crippen LogP contribution in [0.15, 0.2) is 73.1 Å². The van der Waals surface area contributed by atoms with Crippen molar-refractivity contribution in [1.29, 1.82) is 0 Å². The van der Waals surface area contributed by atoms with Gasteiger partial charge in [0.25, 0.3) is 5.91 Å². The SMILES string of the molecule is O=C(Nc1ccc(-n2cccn2)cc1)C1CC12CCN(C(=O)c1ccccc1)CC2. The molecule has 2 amide bonds. The molecule has 6 nitrogen and oxygen atoms in total. The number of carbonyl (C=O) groups is 2. The first kappa shape index (κ1) is 18.6. The molecule has 1 spiro atoms. The topological polar surface area (TPSA) is 67.2 Å². The molecule has 6 heteroatoms. The monoisotopic (exact) mass is 400 g/mol. The van der Waals surface area contributed by atoms with Gasteiger partial charge in [0.1, 0.15) is 0 Å². The Labute approximate surface area is 175 Å². The van der Waals surface area contributed by atoms with Gasteiger partial charge in [-0.3, -0.25) is 9.59 Å². The van der Waals surface area contributed by atoms with Crippen molar-refractivity contribution in [3.05, 3.63) is 78.6 Å². The molecule has 1 N–H and O–H groups in total. The molecule has 2 fully saturated rings. The number of amides is 2. The van der Waals surface area contributed by atoms with Crippen molar-refractivity contribution in [2.45, 2.75) is 19.3 Å². The van der Waals surface area contributed by atoms with Gasteiger partial charge in [-0.25, -0.2) is 4.68 Å². The van der Waals surface area contributed by atoms with Crippen LogP contribution in [0.3, 0.4) is 0 Å². The molecule has 1 saturated carbocycles. The van der Waals surface area contributed by atoms with Gasteiger partial charge in [-0.2, -0.15) is 5.10 Å². The Morgan fingerprint density at radius 3 is 2.37 bits per heavy atom. The van der Waals surface area contributed by atoms with Crippen LogP contribution in [0.2, 0.25) is 0 Å². The molecule has 1 atom stereocenters. The van der Waals surface area contributed by atoms with Gasteiger partial charge in [0, 0.05) is 42.7 Å². The Kier molecular flexibility index (Phi) is 4.62. The van der Waals surface area contributed by atoms with Gasteiger partial charge in [0.05, 0.1) is 5.69 Å². The van der Waals surface area contributed by atoms with E-state index < -0.39 is 0 Å². The molecule has 30 heavy (non-hydrogen) atoms. The lowest BCUT2D eigenvalue weighted by molar-refractivity contribution is -0.118. The maximum Gasteiger partial charge on any atom is 0.253 e. The number of carbonyl (C=O) groups excluding carboxylic acids is 2. The van der Waals surface area contributed by atoms with Crippen LogP contribution in [0.1, 0.15) is 29.6 Å². The summed E-state index contributed by atoms with van der Waals surface area (Å²) in [5, 5.41) is 7.27. The molecular formula is C24H24N4O2. The fourth-order valence-corrected chi connectivity index (χ4v) is 4.54. The summed E-state index contributed by atoms with van der Waals surface area (Å²) in [4.78, 5) is 27.3. The van der Waals surface area contributed by atoms with Crippen LogP contribution in [0.25, 0.3) is 5.69 Å². The molecule has 1 aliphatic carbocycles. The van der Waals surface area contributed by atoms with Crippen LogP contribution in [0, 0.1) is 11.3 Å². The summed E-state index contributed by atoms with van der Waals surface area (Å²) in [6.45, 7) is 1.44. The van der Waals surface area contributed by atoms with Crippen LogP contribution in [-0.2, 0) is 4.79 Å². The molecule has 3 aromatic rings. The third kappa shape index (κ3) is 3.49. The highest BCUT2D eigenvalue weighted by Gasteiger charge is 2.58. The van der Waals surface area contributed by atoms with E-state index in [2.05, 4.69) is 10.4 Å². The van der Waals surface area contributed by atoms with Crippen LogP contribution in [0.5, 0.6) is 0 Å². The zero-order chi connectivity index (χ0) is 20.6. The van der Waals surface area contributed by atoms with Crippen LogP contribution < -0.4 is 5.32 Å². The number of nitrogens with zero attached hydrogens (tertiary/aromatic N) is 3. The van der Waals surface area contributed by atoms with Crippen molar-refractivity contribution >= 4 is 17.5 Å². The second-order valence-electron chi connectivity index (χ2n) is 8.26. The van der Waals surface area contributed by atoms with Crippen molar-refractivity contribution in [1.82, 2.24) is 14.7 Å². The molecular weight excluding hydrogens is 376 g/mol. The normalized spacial score (nSPS) is 19.5. The highest BCUT2D eigenvalue weighted by atomic mass is 16.2. The maximum atomic E-state index is 12.8. The van der Waals surface area contributed by atoms with E-state index in [9.17, 15) is 9.59 Å². The van der Waals surface area contributed by atoms with Crippen LogP contribution >= 0.6 is 0 Å². The van der Waals surface area contributed by atoms with E-state index in [-0.39, 0.29) is 23.1 Å². The van der Waals surface area contributed by atoms with Gasteiger partial charge >= 0.3 is 0 Å². The lowest BCUT2D eigenvalue weighted by atomic mass is 9.90. The van der Waals surface area contributed by atoms with E-state index in [1.807, 2.05) is 71.8 Å². The molecule has 5 rings (SSSR count). The molecule has 1 aliphatic heterocycles. The number of aromatic nitrogens is 2. The molecule has 1 aromatic heterocycles. The summed E-state index contributed by atoms with van der Waals surface area (Å²) in [7, 11) is 0. The Hall–Kier alpha value is -3.41. The molecule has 1 saturated heterocycles.